The molecule has 8 nitrogen and oxygen atoms in total. The molecule has 0 saturated heterocycles. The number of halogens is 1. The summed E-state index contributed by atoms with van der Waals surface area (Å²) in [6, 6.07) is 19.8. The number of rotatable bonds is 15. The second kappa shape index (κ2) is 17.2. The molecule has 2 unspecified atom stereocenters. The number of benzene rings is 3. The summed E-state index contributed by atoms with van der Waals surface area (Å²) < 4.78 is 11.7. The lowest BCUT2D eigenvalue weighted by atomic mass is 9.80. The minimum absolute atomic E-state index is 0.0900. The van der Waals surface area contributed by atoms with Gasteiger partial charge in [-0.1, -0.05) is 74.7 Å². The third kappa shape index (κ3) is 9.48. The molecule has 4 rings (SSSR count). The van der Waals surface area contributed by atoms with E-state index in [1.54, 1.807) is 43.3 Å². The Balaban J connectivity index is 1.21. The summed E-state index contributed by atoms with van der Waals surface area (Å²) in [4.78, 5) is 38.4. The summed E-state index contributed by atoms with van der Waals surface area (Å²) in [6.07, 6.45) is 5.99. The number of anilines is 1. The van der Waals surface area contributed by atoms with Crippen LogP contribution in [-0.4, -0.2) is 50.6 Å². The summed E-state index contributed by atoms with van der Waals surface area (Å²) in [5.74, 6) is -0.921. The zero-order valence-corrected chi connectivity index (χ0v) is 27.7. The van der Waals surface area contributed by atoms with E-state index in [0.29, 0.717) is 45.9 Å². The summed E-state index contributed by atoms with van der Waals surface area (Å²) >= 11 is 3.55. The van der Waals surface area contributed by atoms with Crippen molar-refractivity contribution in [3.05, 3.63) is 99.0 Å². The fourth-order valence-corrected chi connectivity index (χ4v) is 6.32. The fraction of sp³-hybridized carbons (Fsp3) is 0.417. The highest BCUT2D eigenvalue weighted by molar-refractivity contribution is 9.10. The van der Waals surface area contributed by atoms with Crippen LogP contribution in [0, 0.1) is 5.92 Å². The van der Waals surface area contributed by atoms with Crippen LogP contribution in [0.4, 0.5) is 5.69 Å². The van der Waals surface area contributed by atoms with Gasteiger partial charge in [0.05, 0.1) is 17.2 Å². The molecule has 9 heteroatoms. The molecule has 1 aliphatic carbocycles. The summed E-state index contributed by atoms with van der Waals surface area (Å²) in [5, 5.41) is 6.74. The number of ketones is 1. The maximum atomic E-state index is 12.9. The Kier molecular flexibility index (Phi) is 13.2. The van der Waals surface area contributed by atoms with Gasteiger partial charge in [-0.3, -0.25) is 9.59 Å². The Morgan fingerprint density at radius 1 is 0.889 bits per heavy atom. The largest absolute Gasteiger partial charge is 0.464 e. The summed E-state index contributed by atoms with van der Waals surface area (Å²) in [5.41, 5.74) is 10.4. The molecule has 4 N–H and O–H groups in total. The molecule has 1 fully saturated rings. The highest BCUT2D eigenvalue weighted by Crippen LogP contribution is 2.39. The number of hydrogen-bond donors (Lipinski definition) is 3. The topological polar surface area (TPSA) is 120 Å². The first-order chi connectivity index (χ1) is 21.8. The Morgan fingerprint density at radius 2 is 1.58 bits per heavy atom. The molecule has 0 aromatic heterocycles. The van der Waals surface area contributed by atoms with E-state index in [1.165, 1.54) is 19.3 Å². The molecule has 240 valence electrons. The molecule has 0 bridgehead atoms. The van der Waals surface area contributed by atoms with Gasteiger partial charge in [0.2, 0.25) is 0 Å². The number of carbonyl (C=O) groups is 3. The first-order valence-corrected chi connectivity index (χ1v) is 16.7. The van der Waals surface area contributed by atoms with Crippen LogP contribution in [0.15, 0.2) is 71.2 Å². The number of nitrogens with two attached hydrogens (primary N) is 1. The van der Waals surface area contributed by atoms with Crippen molar-refractivity contribution in [2.45, 2.75) is 57.9 Å². The van der Waals surface area contributed by atoms with Gasteiger partial charge in [0.1, 0.15) is 13.2 Å². The van der Waals surface area contributed by atoms with Crippen LogP contribution in [0.25, 0.3) is 0 Å². The average Bonchev–Trinajstić information content (AvgIpc) is 3.08. The van der Waals surface area contributed by atoms with Gasteiger partial charge in [0, 0.05) is 34.7 Å². The quantitative estimate of drug-likeness (QED) is 0.0714. The zero-order valence-electron chi connectivity index (χ0n) is 26.2. The van der Waals surface area contributed by atoms with Gasteiger partial charge in [-0.05, 0) is 77.5 Å². The Bertz CT molecular complexity index is 1440. The van der Waals surface area contributed by atoms with Gasteiger partial charge < -0.3 is 25.8 Å². The molecule has 0 aliphatic heterocycles. The van der Waals surface area contributed by atoms with Crippen molar-refractivity contribution in [2.75, 3.05) is 38.6 Å². The van der Waals surface area contributed by atoms with Crippen LogP contribution in [0.5, 0.6) is 0 Å². The molecular formula is C36H44BrN3O5. The summed E-state index contributed by atoms with van der Waals surface area (Å²) in [6.45, 7) is 5.82. The molecule has 2 atom stereocenters. The van der Waals surface area contributed by atoms with Crippen LogP contribution < -0.4 is 16.4 Å². The Hall–Kier alpha value is -3.53. The first-order valence-electron chi connectivity index (χ1n) is 15.9. The number of esters is 2. The lowest BCUT2D eigenvalue weighted by molar-refractivity contribution is -0.144. The van der Waals surface area contributed by atoms with Gasteiger partial charge in [-0.15, -0.1) is 0 Å². The van der Waals surface area contributed by atoms with E-state index in [2.05, 4.69) is 33.5 Å². The van der Waals surface area contributed by atoms with Crippen molar-refractivity contribution in [3.8, 4) is 0 Å². The van der Waals surface area contributed by atoms with Gasteiger partial charge in [0.25, 0.3) is 0 Å². The zero-order chi connectivity index (χ0) is 32.2. The van der Waals surface area contributed by atoms with Gasteiger partial charge >= 0.3 is 11.9 Å². The SMILES string of the molecule is CCNC(c1cc(C(=O)OCCNCCOC(=O)C(C)c2cccc(C(=O)c3ccccc3)c2)cc(Br)c1N)C1CCCCC1. The molecule has 1 saturated carbocycles. The number of carbonyl (C=O) groups excluding carboxylic acids is 3. The Morgan fingerprint density at radius 3 is 2.29 bits per heavy atom. The van der Waals surface area contributed by atoms with E-state index < -0.39 is 11.9 Å². The van der Waals surface area contributed by atoms with Gasteiger partial charge in [-0.2, -0.15) is 0 Å². The molecule has 45 heavy (non-hydrogen) atoms. The normalized spacial score (nSPS) is 14.8. The van der Waals surface area contributed by atoms with Gasteiger partial charge in [0.15, 0.2) is 5.78 Å². The van der Waals surface area contributed by atoms with E-state index in [0.717, 1.165) is 30.5 Å². The maximum Gasteiger partial charge on any atom is 0.338 e. The highest BCUT2D eigenvalue weighted by Gasteiger charge is 2.28. The van der Waals surface area contributed by atoms with Crippen LogP contribution >= 0.6 is 15.9 Å². The van der Waals surface area contributed by atoms with Gasteiger partial charge in [-0.25, -0.2) is 4.79 Å². The molecule has 0 heterocycles. The molecule has 0 amide bonds. The number of hydrogen-bond acceptors (Lipinski definition) is 8. The van der Waals surface area contributed by atoms with Crippen LogP contribution in [-0.2, 0) is 14.3 Å². The van der Waals surface area contributed by atoms with Crippen molar-refractivity contribution in [3.63, 3.8) is 0 Å². The minimum Gasteiger partial charge on any atom is -0.464 e. The summed E-state index contributed by atoms with van der Waals surface area (Å²) in [7, 11) is 0. The Labute approximate surface area is 274 Å². The molecule has 1 aliphatic rings. The van der Waals surface area contributed by atoms with Crippen molar-refractivity contribution in [1.82, 2.24) is 10.6 Å². The van der Waals surface area contributed by atoms with Crippen LogP contribution in [0.1, 0.15) is 95.3 Å². The fourth-order valence-electron chi connectivity index (χ4n) is 5.85. The number of ether oxygens (including phenoxy) is 2. The van der Waals surface area contributed by atoms with E-state index in [4.69, 9.17) is 15.2 Å². The van der Waals surface area contributed by atoms with Crippen LogP contribution in [0.3, 0.4) is 0 Å². The monoisotopic (exact) mass is 677 g/mol. The molecule has 0 spiro atoms. The lowest BCUT2D eigenvalue weighted by Crippen LogP contribution is -2.30. The van der Waals surface area contributed by atoms with E-state index in [-0.39, 0.29) is 31.0 Å². The van der Waals surface area contributed by atoms with Crippen molar-refractivity contribution in [1.29, 1.82) is 0 Å². The molecule has 0 radical (unpaired) electrons. The van der Waals surface area contributed by atoms with E-state index in [9.17, 15) is 14.4 Å². The average molecular weight is 679 g/mol. The maximum absolute atomic E-state index is 12.9. The predicted molar refractivity (Wildman–Crippen MR) is 180 cm³/mol. The third-order valence-electron chi connectivity index (χ3n) is 8.35. The van der Waals surface area contributed by atoms with E-state index in [1.807, 2.05) is 30.3 Å². The first kappa shape index (κ1) is 34.3. The lowest BCUT2D eigenvalue weighted by Gasteiger charge is -2.32. The van der Waals surface area contributed by atoms with Crippen molar-refractivity contribution < 1.29 is 23.9 Å². The predicted octanol–water partition coefficient (Wildman–Crippen LogP) is 6.59. The second-order valence-corrected chi connectivity index (χ2v) is 12.3. The van der Waals surface area contributed by atoms with Crippen molar-refractivity contribution >= 4 is 39.3 Å². The number of nitrogen functional groups attached to an aromatic ring is 1. The molecule has 3 aromatic carbocycles. The second-order valence-electron chi connectivity index (χ2n) is 11.5. The smallest absolute Gasteiger partial charge is 0.338 e. The van der Waals surface area contributed by atoms with Crippen molar-refractivity contribution in [2.24, 2.45) is 5.92 Å². The number of nitrogens with one attached hydrogen (secondary N) is 2. The third-order valence-corrected chi connectivity index (χ3v) is 9.01. The highest BCUT2D eigenvalue weighted by atomic mass is 79.9. The molecule has 3 aromatic rings. The minimum atomic E-state index is -0.524. The molecular weight excluding hydrogens is 634 g/mol. The standard InChI is InChI=1S/C36H44BrN3O5/c1-3-40-33(25-11-6-4-7-12-25)30-22-29(23-31(37)32(30)38)36(43)45-20-18-39-17-19-44-35(42)24(2)27-15-10-16-28(21-27)34(41)26-13-8-5-9-14-26/h5,8-10,13-16,21-25,33,39-40H,3-4,6-7,11-12,17-20,38H2,1-2H3. The van der Waals surface area contributed by atoms with Crippen LogP contribution in [0.2, 0.25) is 0 Å². The van der Waals surface area contributed by atoms with E-state index >= 15 is 0 Å².